The monoisotopic (exact) mass is 1160 g/mol. The molecule has 0 spiro atoms. The molecule has 0 bridgehead atoms. The van der Waals surface area contributed by atoms with Gasteiger partial charge in [-0.1, -0.05) is 212 Å². The molecule has 18 rings (SSSR count). The van der Waals surface area contributed by atoms with Crippen LogP contribution in [-0.4, -0.2) is 59.6 Å². The van der Waals surface area contributed by atoms with Crippen molar-refractivity contribution in [1.29, 1.82) is 0 Å². The number of benzene rings is 7. The number of hydrogen-bond donors (Lipinski definition) is 4. The molecule has 5 atom stereocenters. The van der Waals surface area contributed by atoms with E-state index < -0.39 is 12.0 Å². The van der Waals surface area contributed by atoms with Crippen LogP contribution in [0.1, 0.15) is 39.8 Å². The lowest BCUT2D eigenvalue weighted by Gasteiger charge is -2.12. The summed E-state index contributed by atoms with van der Waals surface area (Å²) in [5.74, 6) is 2.12. The molecule has 0 saturated carbocycles. The van der Waals surface area contributed by atoms with Crippen LogP contribution in [-0.2, 0) is 51.5 Å². The summed E-state index contributed by atoms with van der Waals surface area (Å²) in [5, 5.41) is 15.8. The average molecular weight is 1160 g/mol. The minimum Gasteiger partial charge on any atom is -0.493 e. The van der Waals surface area contributed by atoms with Crippen LogP contribution in [0.3, 0.4) is 0 Å². The number of carboxylic acid groups (broad SMARTS) is 1. The quantitative estimate of drug-likeness (QED) is 0.135. The van der Waals surface area contributed by atoms with Gasteiger partial charge in [0, 0.05) is 82.9 Å². The third kappa shape index (κ3) is 17.8. The number of ether oxygens (including phenoxy) is 4. The van der Waals surface area contributed by atoms with Crippen LogP contribution in [0.4, 0.5) is 0 Å². The Morgan fingerprint density at radius 1 is 0.575 bits per heavy atom. The zero-order chi connectivity index (χ0) is 59.7. The van der Waals surface area contributed by atoms with Crippen molar-refractivity contribution in [2.45, 2.75) is 51.0 Å². The number of furan rings is 2. The Balaban J connectivity index is 0.000000109. The standard InChI is InChI=1S/C11H12N2O2.C9H8.C8H7N.C8H10O.C8H8O.C8H6O.C8H10O.C8H8O.C8H6O/c12-9(11(14)15)5-7-6-13-10-4-2-1-3-8(7)10;1-2-5-9-7-3-6-8(9)4-1;4*1-2-4-8-6-9-5-7(8)3-1;3*1-2-4-8-7(3-1)5-6-9-8/h1-4,6,9,13H,5,12H2,(H,14,15);1-6H,7H2;1-6,9H;1-4,7-8H,5-6H2;1-4H,5-6H2;1-6H;1-4,7-8H,5-6H2;1-4H,5-6H2;1-6H. The third-order valence-corrected chi connectivity index (χ3v) is 15.5. The molecule has 8 heterocycles. The molecule has 3 aliphatic carbocycles. The molecule has 4 aromatic heterocycles. The van der Waals surface area contributed by atoms with Crippen molar-refractivity contribution in [2.24, 2.45) is 23.5 Å². The Hall–Kier alpha value is -9.49. The van der Waals surface area contributed by atoms with Gasteiger partial charge >= 0.3 is 5.97 Å². The molecule has 5 unspecified atom stereocenters. The van der Waals surface area contributed by atoms with Crippen LogP contribution in [0.15, 0.2) is 277 Å². The van der Waals surface area contributed by atoms with Gasteiger partial charge in [0.1, 0.15) is 17.4 Å². The minimum absolute atomic E-state index is 0.347. The first kappa shape index (κ1) is 60.6. The van der Waals surface area contributed by atoms with Crippen LogP contribution in [0.25, 0.3) is 49.5 Å². The molecule has 0 radical (unpaired) electrons. The van der Waals surface area contributed by atoms with Crippen LogP contribution < -0.4 is 10.5 Å². The van der Waals surface area contributed by atoms with E-state index in [0.29, 0.717) is 30.3 Å². The van der Waals surface area contributed by atoms with Crippen molar-refractivity contribution >= 4 is 55.5 Å². The molecule has 11 aromatic rings. The van der Waals surface area contributed by atoms with E-state index in [9.17, 15) is 4.79 Å². The number of aromatic amines is 2. The highest BCUT2D eigenvalue weighted by molar-refractivity contribution is 5.85. The summed E-state index contributed by atoms with van der Waals surface area (Å²) in [7, 11) is 0. The second kappa shape index (κ2) is 32.1. The number of nitrogens with one attached hydrogen (secondary N) is 2. The molecule has 2 fully saturated rings. The summed E-state index contributed by atoms with van der Waals surface area (Å²) >= 11 is 0. The number of hydrogen-bond acceptors (Lipinski definition) is 8. The van der Waals surface area contributed by atoms with Crippen molar-refractivity contribution in [3.8, 4) is 5.75 Å². The summed E-state index contributed by atoms with van der Waals surface area (Å²) in [6, 6.07) is 58.1. The van der Waals surface area contributed by atoms with Gasteiger partial charge in [0.05, 0.1) is 57.9 Å². The third-order valence-electron chi connectivity index (χ3n) is 15.5. The lowest BCUT2D eigenvalue weighted by atomic mass is 9.92. The maximum absolute atomic E-state index is 10.6. The van der Waals surface area contributed by atoms with Gasteiger partial charge < -0.3 is 48.6 Å². The van der Waals surface area contributed by atoms with E-state index >= 15 is 0 Å². The van der Waals surface area contributed by atoms with Gasteiger partial charge in [0.25, 0.3) is 0 Å². The highest BCUT2D eigenvalue weighted by Gasteiger charge is 2.25. The van der Waals surface area contributed by atoms with Gasteiger partial charge in [0.15, 0.2) is 0 Å². The van der Waals surface area contributed by atoms with E-state index in [4.69, 9.17) is 38.6 Å². The number of aromatic nitrogens is 2. The Bertz CT molecular complexity index is 3620. The van der Waals surface area contributed by atoms with Gasteiger partial charge in [-0.2, -0.15) is 0 Å². The zero-order valence-electron chi connectivity index (χ0n) is 48.8. The Morgan fingerprint density at radius 3 is 1.83 bits per heavy atom. The second-order valence-electron chi connectivity index (χ2n) is 21.5. The molecule has 2 saturated heterocycles. The number of H-pyrrole nitrogens is 2. The number of allylic oxidation sites excluding steroid dienone is 5. The normalized spacial score (nSPS) is 18.0. The highest BCUT2D eigenvalue weighted by Crippen LogP contribution is 2.28. The van der Waals surface area contributed by atoms with Crippen LogP contribution in [0, 0.1) is 17.8 Å². The molecule has 442 valence electrons. The number of nitrogens with two attached hydrogens (primary N) is 1. The summed E-state index contributed by atoms with van der Waals surface area (Å²) in [6.07, 6.45) is 36.7. The molecule has 11 heteroatoms. The predicted octanol–water partition coefficient (Wildman–Crippen LogP) is 16.6. The highest BCUT2D eigenvalue weighted by atomic mass is 16.5. The average Bonchev–Trinajstić information content (AvgIpc) is 4.62. The molecule has 7 aromatic carbocycles. The molecular formula is C76H75N3O8. The fraction of sp³-hybridized carbons (Fsp3) is 0.197. The van der Waals surface area contributed by atoms with Crippen molar-refractivity contribution in [1.82, 2.24) is 9.97 Å². The number of carboxylic acids is 1. The topological polar surface area (TPSA) is 158 Å². The molecule has 5 N–H and O–H groups in total. The second-order valence-corrected chi connectivity index (χ2v) is 21.5. The van der Waals surface area contributed by atoms with Crippen molar-refractivity contribution in [2.75, 3.05) is 26.4 Å². The van der Waals surface area contributed by atoms with E-state index in [2.05, 4.69) is 125 Å². The number of aliphatic carboxylic acids is 1. The van der Waals surface area contributed by atoms with E-state index in [1.807, 2.05) is 140 Å². The maximum Gasteiger partial charge on any atom is 0.320 e. The fourth-order valence-corrected chi connectivity index (χ4v) is 10.7. The van der Waals surface area contributed by atoms with Crippen LogP contribution in [0.5, 0.6) is 5.75 Å². The van der Waals surface area contributed by atoms with Gasteiger partial charge in [0.2, 0.25) is 0 Å². The number of rotatable bonds is 3. The molecule has 4 aliphatic heterocycles. The molecule has 87 heavy (non-hydrogen) atoms. The first-order valence-electron chi connectivity index (χ1n) is 29.8. The largest absolute Gasteiger partial charge is 0.493 e. The fourth-order valence-electron chi connectivity index (χ4n) is 10.7. The summed E-state index contributed by atoms with van der Waals surface area (Å²) in [6.45, 7) is 5.24. The van der Waals surface area contributed by atoms with E-state index in [0.717, 1.165) is 96.4 Å². The summed E-state index contributed by atoms with van der Waals surface area (Å²) < 4.78 is 31.3. The van der Waals surface area contributed by atoms with E-state index in [1.165, 1.54) is 45.0 Å². The molecule has 11 nitrogen and oxygen atoms in total. The van der Waals surface area contributed by atoms with Gasteiger partial charge in [-0.25, -0.2) is 0 Å². The number of fused-ring (bicyclic) bond motifs is 9. The maximum atomic E-state index is 10.6. The minimum atomic E-state index is -0.972. The molecule has 7 aliphatic rings. The van der Waals surface area contributed by atoms with Gasteiger partial charge in [-0.3, -0.25) is 4.79 Å². The number of carbonyl (C=O) groups is 1. The lowest BCUT2D eigenvalue weighted by Crippen LogP contribution is -2.32. The summed E-state index contributed by atoms with van der Waals surface area (Å²) in [4.78, 5) is 16.7. The smallest absolute Gasteiger partial charge is 0.320 e. The van der Waals surface area contributed by atoms with Crippen LogP contribution in [0.2, 0.25) is 0 Å². The predicted molar refractivity (Wildman–Crippen MR) is 350 cm³/mol. The van der Waals surface area contributed by atoms with Crippen molar-refractivity contribution in [3.63, 3.8) is 0 Å². The van der Waals surface area contributed by atoms with Crippen molar-refractivity contribution in [3.05, 3.63) is 301 Å². The van der Waals surface area contributed by atoms with Crippen LogP contribution >= 0.6 is 0 Å². The van der Waals surface area contributed by atoms with Crippen molar-refractivity contribution < 1.29 is 37.7 Å². The van der Waals surface area contributed by atoms with Gasteiger partial charge in [-0.15, -0.1) is 0 Å². The van der Waals surface area contributed by atoms with E-state index in [-0.39, 0.29) is 0 Å². The Labute approximate surface area is 508 Å². The molecular weight excluding hydrogens is 1080 g/mol. The summed E-state index contributed by atoms with van der Waals surface area (Å²) in [5.41, 5.74) is 15.3. The van der Waals surface area contributed by atoms with E-state index in [1.54, 1.807) is 18.8 Å². The first-order chi connectivity index (χ1) is 42.9. The lowest BCUT2D eigenvalue weighted by molar-refractivity contribution is -0.138. The Kier molecular flexibility index (Phi) is 22.4. The van der Waals surface area contributed by atoms with Gasteiger partial charge in [-0.05, 0) is 81.3 Å². The number of para-hydroxylation sites is 3. The zero-order valence-corrected chi connectivity index (χ0v) is 48.8. The SMILES string of the molecule is C1=CC2CCOC2C=C1.C1=CC2COCC2C=C1.C1=Cc2ccccc2C1.NC(Cc1c[nH]c2ccccc12)C(=O)O.c1ccc2c(c1)CCO2.c1ccc2c(c1)COC2.c1ccc2c[nH]cc2c1.c1ccc2cocc2c1.c1ccc2occc2c1. The molecule has 0 amide bonds. The first-order valence-corrected chi connectivity index (χ1v) is 29.8. The Morgan fingerprint density at radius 2 is 1.16 bits per heavy atom.